The minimum Gasteiger partial charge on any atom is -0.506 e. The molecule has 0 heterocycles. The standard InChI is InChI=1S/C15H15ClN2O3/c16-12-7-10(3-6-13(12)19)15(21)18-8-14(20)9-1-4-11(17)5-2-9/h1-7,14,19-20H,8,17H2,(H,18,21). The number of anilines is 1. The molecule has 1 unspecified atom stereocenters. The van der Waals surface area contributed by atoms with Gasteiger partial charge in [-0.05, 0) is 35.9 Å². The van der Waals surface area contributed by atoms with Crippen LogP contribution in [0.15, 0.2) is 42.5 Å². The van der Waals surface area contributed by atoms with Crippen LogP contribution in [0, 0.1) is 0 Å². The number of hydrogen-bond donors (Lipinski definition) is 4. The maximum Gasteiger partial charge on any atom is 0.251 e. The van der Waals surface area contributed by atoms with Gasteiger partial charge in [-0.15, -0.1) is 0 Å². The highest BCUT2D eigenvalue weighted by atomic mass is 35.5. The van der Waals surface area contributed by atoms with Gasteiger partial charge >= 0.3 is 0 Å². The van der Waals surface area contributed by atoms with Gasteiger partial charge in [-0.25, -0.2) is 0 Å². The highest BCUT2D eigenvalue weighted by Crippen LogP contribution is 2.23. The van der Waals surface area contributed by atoms with Crippen molar-refractivity contribution >= 4 is 23.2 Å². The van der Waals surface area contributed by atoms with Gasteiger partial charge in [0.1, 0.15) is 5.75 Å². The number of carbonyl (C=O) groups is 1. The fraction of sp³-hybridized carbons (Fsp3) is 0.133. The summed E-state index contributed by atoms with van der Waals surface area (Å²) >= 11 is 5.74. The molecule has 0 radical (unpaired) electrons. The molecule has 2 aromatic carbocycles. The van der Waals surface area contributed by atoms with E-state index in [2.05, 4.69) is 5.32 Å². The number of aliphatic hydroxyl groups is 1. The first-order valence-electron chi connectivity index (χ1n) is 6.27. The molecule has 0 bridgehead atoms. The number of rotatable bonds is 4. The molecule has 0 aliphatic rings. The molecule has 1 amide bonds. The highest BCUT2D eigenvalue weighted by Gasteiger charge is 2.12. The zero-order valence-electron chi connectivity index (χ0n) is 11.1. The molecule has 5 N–H and O–H groups in total. The lowest BCUT2D eigenvalue weighted by Crippen LogP contribution is -2.28. The van der Waals surface area contributed by atoms with E-state index < -0.39 is 6.10 Å². The number of amides is 1. The summed E-state index contributed by atoms with van der Waals surface area (Å²) in [5, 5.41) is 22.0. The first-order chi connectivity index (χ1) is 9.97. The molecule has 110 valence electrons. The summed E-state index contributed by atoms with van der Waals surface area (Å²) in [7, 11) is 0. The fourth-order valence-corrected chi connectivity index (χ4v) is 1.96. The third-order valence-corrected chi connectivity index (χ3v) is 3.29. The van der Waals surface area contributed by atoms with Crippen molar-refractivity contribution < 1.29 is 15.0 Å². The topological polar surface area (TPSA) is 95.6 Å². The van der Waals surface area contributed by atoms with E-state index in [1.165, 1.54) is 18.2 Å². The Hall–Kier alpha value is -2.24. The average molecular weight is 307 g/mol. The Kier molecular flexibility index (Phi) is 4.67. The zero-order chi connectivity index (χ0) is 15.4. The second-order valence-electron chi connectivity index (χ2n) is 4.56. The van der Waals surface area contributed by atoms with Crippen LogP contribution in [0.5, 0.6) is 5.75 Å². The van der Waals surface area contributed by atoms with Crippen LogP contribution >= 0.6 is 11.6 Å². The normalized spacial score (nSPS) is 11.9. The second kappa shape index (κ2) is 6.47. The SMILES string of the molecule is Nc1ccc(C(O)CNC(=O)c2ccc(O)c(Cl)c2)cc1. The molecule has 0 aromatic heterocycles. The lowest BCUT2D eigenvalue weighted by atomic mass is 10.1. The minimum absolute atomic E-state index is 0.0568. The van der Waals surface area contributed by atoms with Crippen molar-refractivity contribution in [2.75, 3.05) is 12.3 Å². The molecule has 0 aliphatic carbocycles. The Balaban J connectivity index is 1.97. The average Bonchev–Trinajstić information content (AvgIpc) is 2.48. The van der Waals surface area contributed by atoms with Crippen LogP contribution in [-0.4, -0.2) is 22.7 Å². The van der Waals surface area contributed by atoms with Gasteiger partial charge in [0, 0.05) is 17.8 Å². The van der Waals surface area contributed by atoms with Gasteiger partial charge in [0.25, 0.3) is 5.91 Å². The summed E-state index contributed by atoms with van der Waals surface area (Å²) in [6.45, 7) is 0.0568. The van der Waals surface area contributed by atoms with Gasteiger partial charge in [0.05, 0.1) is 11.1 Å². The molecular weight excluding hydrogens is 292 g/mol. The number of halogens is 1. The van der Waals surface area contributed by atoms with Crippen molar-refractivity contribution in [2.24, 2.45) is 0 Å². The van der Waals surface area contributed by atoms with E-state index in [0.29, 0.717) is 16.8 Å². The highest BCUT2D eigenvalue weighted by molar-refractivity contribution is 6.32. The van der Waals surface area contributed by atoms with Crippen molar-refractivity contribution in [2.45, 2.75) is 6.10 Å². The van der Waals surface area contributed by atoms with Crippen molar-refractivity contribution in [3.05, 3.63) is 58.6 Å². The molecule has 1 atom stereocenters. The van der Waals surface area contributed by atoms with Crippen LogP contribution in [0.25, 0.3) is 0 Å². The van der Waals surface area contributed by atoms with Crippen LogP contribution in [-0.2, 0) is 0 Å². The van der Waals surface area contributed by atoms with Crippen molar-refractivity contribution in [3.63, 3.8) is 0 Å². The molecular formula is C15H15ClN2O3. The van der Waals surface area contributed by atoms with Crippen LogP contribution in [0.3, 0.4) is 0 Å². The third kappa shape index (κ3) is 3.87. The van der Waals surface area contributed by atoms with Gasteiger partial charge in [-0.1, -0.05) is 23.7 Å². The number of carbonyl (C=O) groups excluding carboxylic acids is 1. The number of aliphatic hydroxyl groups excluding tert-OH is 1. The molecule has 0 aliphatic heterocycles. The summed E-state index contributed by atoms with van der Waals surface area (Å²) in [4.78, 5) is 11.9. The van der Waals surface area contributed by atoms with Gasteiger partial charge in [0.2, 0.25) is 0 Å². The molecule has 0 saturated carbocycles. The van der Waals surface area contributed by atoms with E-state index in [-0.39, 0.29) is 23.2 Å². The van der Waals surface area contributed by atoms with Crippen LogP contribution < -0.4 is 11.1 Å². The summed E-state index contributed by atoms with van der Waals surface area (Å²) in [5.74, 6) is -0.471. The lowest BCUT2D eigenvalue weighted by Gasteiger charge is -2.12. The Morgan fingerprint density at radius 3 is 2.52 bits per heavy atom. The van der Waals surface area contributed by atoms with Crippen molar-refractivity contribution in [1.82, 2.24) is 5.32 Å². The van der Waals surface area contributed by atoms with Gasteiger partial charge < -0.3 is 21.3 Å². The number of benzene rings is 2. The second-order valence-corrected chi connectivity index (χ2v) is 4.97. The van der Waals surface area contributed by atoms with Crippen molar-refractivity contribution in [1.29, 1.82) is 0 Å². The van der Waals surface area contributed by atoms with E-state index in [1.807, 2.05) is 0 Å². The fourth-order valence-electron chi connectivity index (χ4n) is 1.78. The minimum atomic E-state index is -0.831. The summed E-state index contributed by atoms with van der Waals surface area (Å²) in [5.41, 5.74) is 7.14. The van der Waals surface area contributed by atoms with E-state index in [0.717, 1.165) is 0 Å². The number of hydrogen-bond acceptors (Lipinski definition) is 4. The molecule has 2 rings (SSSR count). The molecule has 0 saturated heterocycles. The van der Waals surface area contributed by atoms with Crippen LogP contribution in [0.4, 0.5) is 5.69 Å². The monoisotopic (exact) mass is 306 g/mol. The smallest absolute Gasteiger partial charge is 0.251 e. The first kappa shape index (κ1) is 15.2. The number of nitrogen functional groups attached to an aromatic ring is 1. The van der Waals surface area contributed by atoms with E-state index in [1.54, 1.807) is 24.3 Å². The quantitative estimate of drug-likeness (QED) is 0.650. The van der Waals surface area contributed by atoms with Gasteiger partial charge in [-0.3, -0.25) is 4.79 Å². The summed E-state index contributed by atoms with van der Waals surface area (Å²) < 4.78 is 0. The van der Waals surface area contributed by atoms with Gasteiger partial charge in [-0.2, -0.15) is 0 Å². The molecule has 0 fully saturated rings. The Morgan fingerprint density at radius 2 is 1.90 bits per heavy atom. The van der Waals surface area contributed by atoms with Crippen LogP contribution in [0.2, 0.25) is 5.02 Å². The van der Waals surface area contributed by atoms with Crippen LogP contribution in [0.1, 0.15) is 22.0 Å². The third-order valence-electron chi connectivity index (χ3n) is 2.99. The van der Waals surface area contributed by atoms with E-state index >= 15 is 0 Å². The first-order valence-corrected chi connectivity index (χ1v) is 6.65. The van der Waals surface area contributed by atoms with Crippen molar-refractivity contribution in [3.8, 4) is 5.75 Å². The molecule has 5 nitrogen and oxygen atoms in total. The largest absolute Gasteiger partial charge is 0.506 e. The summed E-state index contributed by atoms with van der Waals surface area (Å²) in [6, 6.07) is 10.9. The number of aromatic hydroxyl groups is 1. The maximum atomic E-state index is 11.9. The Morgan fingerprint density at radius 1 is 1.24 bits per heavy atom. The number of nitrogens with one attached hydrogen (secondary N) is 1. The predicted molar refractivity (Wildman–Crippen MR) is 81.3 cm³/mol. The Bertz CT molecular complexity index is 644. The lowest BCUT2D eigenvalue weighted by molar-refractivity contribution is 0.0916. The molecule has 6 heteroatoms. The summed E-state index contributed by atoms with van der Waals surface area (Å²) in [6.07, 6.45) is -0.831. The molecule has 0 spiro atoms. The zero-order valence-corrected chi connectivity index (χ0v) is 11.8. The number of phenolic OH excluding ortho intramolecular Hbond substituents is 1. The molecule has 2 aromatic rings. The number of nitrogens with two attached hydrogens (primary N) is 1. The predicted octanol–water partition coefficient (Wildman–Crippen LogP) is 2.09. The van der Waals surface area contributed by atoms with E-state index in [4.69, 9.17) is 17.3 Å². The number of phenols is 1. The van der Waals surface area contributed by atoms with Gasteiger partial charge in [0.15, 0.2) is 0 Å². The van der Waals surface area contributed by atoms with E-state index in [9.17, 15) is 15.0 Å². The Labute approximate surface area is 127 Å². The molecule has 21 heavy (non-hydrogen) atoms. The maximum absolute atomic E-state index is 11.9.